The molecule has 0 spiro atoms. The number of fused-ring (bicyclic) bond motifs is 13. The van der Waals surface area contributed by atoms with E-state index in [-0.39, 0.29) is 16.2 Å². The SMILES string of the molecule is CC1(C)c2ccccc2-c2c(-c3nc(-c4ccc5ccccc5c4)nc(-c4ccc5ccccc5c4)n3)cccc21.CC1(C)c2ccccc2-c2c(-c3nc(-c4ccccc4)nc(-c4ccc5cc6ccccc6cc5c4)n3)cccc21.CCCCCCc1ccc(-c2cc(-c3ccc(CCCCCC)cc3)nc(-c3cccc4c3-c3ccccc3C4(C)C)n2)cc1. The van der Waals surface area contributed by atoms with E-state index in [1.807, 2.05) is 18.2 Å². The smallest absolute Gasteiger partial charge is 0.164 e. The molecule has 22 rings (SSSR count). The highest BCUT2D eigenvalue weighted by Gasteiger charge is 2.40. The maximum absolute atomic E-state index is 5.28. The van der Waals surface area contributed by atoms with E-state index < -0.39 is 0 Å². The average molecular weight is 1640 g/mol. The van der Waals surface area contributed by atoms with Crippen LogP contribution in [-0.4, -0.2) is 39.9 Å². The number of hydrogen-bond acceptors (Lipinski definition) is 8. The largest absolute Gasteiger partial charge is 0.228 e. The normalized spacial score (nSPS) is 13.2. The molecule has 3 aliphatic carbocycles. The van der Waals surface area contributed by atoms with Crippen LogP contribution in [0.3, 0.4) is 0 Å². The summed E-state index contributed by atoms with van der Waals surface area (Å²) < 4.78 is 0. The Bertz CT molecular complexity index is 7210. The Morgan fingerprint density at radius 1 is 0.189 bits per heavy atom. The lowest BCUT2D eigenvalue weighted by Crippen LogP contribution is -2.14. The number of benzene rings is 16. The molecule has 0 saturated heterocycles. The van der Waals surface area contributed by atoms with Crippen molar-refractivity contribution in [3.05, 3.63) is 396 Å². The van der Waals surface area contributed by atoms with Crippen molar-refractivity contribution in [2.45, 2.75) is 136 Å². The highest BCUT2D eigenvalue weighted by Crippen LogP contribution is 2.55. The summed E-state index contributed by atoms with van der Waals surface area (Å²) in [5, 5.41) is 9.54. The topological polar surface area (TPSA) is 103 Å². The number of unbranched alkanes of at least 4 members (excludes halogenated alkanes) is 6. The maximum atomic E-state index is 5.28. The van der Waals surface area contributed by atoms with Gasteiger partial charge in [0.25, 0.3) is 0 Å². The fourth-order valence-corrected chi connectivity index (χ4v) is 19.7. The van der Waals surface area contributed by atoms with Gasteiger partial charge in [0.1, 0.15) is 0 Å². The maximum Gasteiger partial charge on any atom is 0.164 e. The molecule has 0 radical (unpaired) electrons. The predicted octanol–water partition coefficient (Wildman–Crippen LogP) is 31.0. The van der Waals surface area contributed by atoms with Crippen LogP contribution in [0.5, 0.6) is 0 Å². The lowest BCUT2D eigenvalue weighted by atomic mass is 9.82. The lowest BCUT2D eigenvalue weighted by Gasteiger charge is -2.21. The molecule has 0 saturated carbocycles. The van der Waals surface area contributed by atoms with Gasteiger partial charge in [-0.3, -0.25) is 0 Å². The van der Waals surface area contributed by atoms with Gasteiger partial charge in [0.05, 0.1) is 11.4 Å². The van der Waals surface area contributed by atoms with Crippen LogP contribution in [0.4, 0.5) is 0 Å². The van der Waals surface area contributed by atoms with E-state index in [2.05, 4.69) is 389 Å². The van der Waals surface area contributed by atoms with E-state index in [1.165, 1.54) is 162 Å². The van der Waals surface area contributed by atoms with Crippen molar-refractivity contribution >= 4 is 43.1 Å². The van der Waals surface area contributed by atoms with E-state index in [4.69, 9.17) is 39.9 Å². The van der Waals surface area contributed by atoms with Crippen molar-refractivity contribution in [1.82, 2.24) is 39.9 Å². The molecule has 0 bridgehead atoms. The molecule has 127 heavy (non-hydrogen) atoms. The minimum absolute atomic E-state index is 0.0672. The first-order valence-electron chi connectivity index (χ1n) is 45.4. The molecule has 3 aliphatic rings. The molecule has 16 aromatic carbocycles. The Morgan fingerprint density at radius 3 is 0.866 bits per heavy atom. The van der Waals surface area contributed by atoms with E-state index in [0.29, 0.717) is 34.9 Å². The molecule has 618 valence electrons. The third-order valence-electron chi connectivity index (χ3n) is 26.7. The molecular formula is C119H102N8. The van der Waals surface area contributed by atoms with Crippen molar-refractivity contribution in [2.75, 3.05) is 0 Å². The van der Waals surface area contributed by atoms with Gasteiger partial charge >= 0.3 is 0 Å². The highest BCUT2D eigenvalue weighted by molar-refractivity contribution is 6.01. The number of nitrogens with zero attached hydrogens (tertiary/aromatic N) is 8. The van der Waals surface area contributed by atoms with Crippen LogP contribution < -0.4 is 0 Å². The van der Waals surface area contributed by atoms with E-state index >= 15 is 0 Å². The first kappa shape index (κ1) is 81.0. The summed E-state index contributed by atoms with van der Waals surface area (Å²) >= 11 is 0. The second-order valence-corrected chi connectivity index (χ2v) is 36.0. The molecule has 0 unspecified atom stereocenters. The van der Waals surface area contributed by atoms with Gasteiger partial charge in [0, 0.05) is 66.3 Å². The summed E-state index contributed by atoms with van der Waals surface area (Å²) in [6.45, 7) is 18.4. The quantitative estimate of drug-likeness (QED) is 0.0583. The van der Waals surface area contributed by atoms with Crippen LogP contribution in [0.1, 0.15) is 151 Å². The first-order chi connectivity index (χ1) is 62.1. The average Bonchev–Trinajstić information content (AvgIpc) is 1.58. The standard InChI is InChI=1S/C43H48N2.2C38H27N3/c1-5-7-9-11-16-31-22-26-33(27-23-31)39-30-40(34-28-24-32(25-29-34)17-12-10-8-6-2)45-42(44-39)36-19-15-21-38-41(36)35-18-13-14-20-37(35)43(38,3)4;1-38(2)32-16-8-7-14-30(32)34-31(15-9-17-33(34)38)37-40-35(28-20-18-24-10-3-5-12-26(24)22-28)39-36(41-37)29-21-19-25-11-4-6-13-27(25)23-29;1-38(2)32-17-9-8-15-30(32)34-31(16-10-18-33(34)38)37-40-35(24-11-4-3-5-12-24)39-36(41-37)28-20-19-27-21-25-13-6-7-14-26(25)22-29(27)23-28/h13-15,18-30H,5-12,16-17H2,1-4H3;2*3-23H,1-2H3. The Morgan fingerprint density at radius 2 is 0.472 bits per heavy atom. The summed E-state index contributed by atoms with van der Waals surface area (Å²) in [6, 6.07) is 126. The van der Waals surface area contributed by atoms with E-state index in [0.717, 1.165) is 90.9 Å². The van der Waals surface area contributed by atoms with Gasteiger partial charge < -0.3 is 0 Å². The third kappa shape index (κ3) is 15.7. The fraction of sp³-hybridized carbons (Fsp3) is 0.176. The van der Waals surface area contributed by atoms with Gasteiger partial charge in [-0.15, -0.1) is 0 Å². The molecule has 3 heterocycles. The minimum atomic E-state index is -0.0999. The number of aryl methyl sites for hydroxylation is 2. The van der Waals surface area contributed by atoms with Crippen LogP contribution in [0.25, 0.3) is 179 Å². The zero-order chi connectivity index (χ0) is 86.3. The summed E-state index contributed by atoms with van der Waals surface area (Å²) in [7, 11) is 0. The molecule has 0 amide bonds. The highest BCUT2D eigenvalue weighted by atomic mass is 15.0. The summed E-state index contributed by atoms with van der Waals surface area (Å²) in [5.74, 6) is 4.87. The number of rotatable bonds is 19. The second kappa shape index (κ2) is 34.3. The van der Waals surface area contributed by atoms with Gasteiger partial charge in [-0.2, -0.15) is 0 Å². The first-order valence-corrected chi connectivity index (χ1v) is 45.4. The molecule has 0 N–H and O–H groups in total. The Balaban J connectivity index is 0.000000120. The van der Waals surface area contributed by atoms with Crippen molar-refractivity contribution < 1.29 is 0 Å². The van der Waals surface area contributed by atoms with Crippen molar-refractivity contribution in [3.63, 3.8) is 0 Å². The Labute approximate surface area is 745 Å². The van der Waals surface area contributed by atoms with E-state index in [1.54, 1.807) is 0 Å². The van der Waals surface area contributed by atoms with Crippen LogP contribution in [0.15, 0.2) is 352 Å². The van der Waals surface area contributed by atoms with Gasteiger partial charge in [0.2, 0.25) is 0 Å². The Kier molecular flexibility index (Phi) is 21.9. The monoisotopic (exact) mass is 1640 g/mol. The summed E-state index contributed by atoms with van der Waals surface area (Å²) in [4.78, 5) is 41.1. The van der Waals surface area contributed by atoms with Gasteiger partial charge in [-0.05, 0) is 183 Å². The molecule has 0 aliphatic heterocycles. The fourth-order valence-electron chi connectivity index (χ4n) is 19.7. The summed E-state index contributed by atoms with van der Waals surface area (Å²) in [5.41, 5.74) is 29.3. The molecule has 3 aromatic heterocycles. The lowest BCUT2D eigenvalue weighted by molar-refractivity contribution is 0.660. The number of aromatic nitrogens is 8. The molecule has 8 nitrogen and oxygen atoms in total. The van der Waals surface area contributed by atoms with Crippen LogP contribution in [-0.2, 0) is 29.1 Å². The number of hydrogen-bond donors (Lipinski definition) is 0. The van der Waals surface area contributed by atoms with Crippen molar-refractivity contribution in [3.8, 4) is 136 Å². The summed E-state index contributed by atoms with van der Waals surface area (Å²) in [6.07, 6.45) is 12.5. The molecule has 8 heteroatoms. The van der Waals surface area contributed by atoms with Gasteiger partial charge in [-0.1, -0.05) is 409 Å². The van der Waals surface area contributed by atoms with E-state index in [9.17, 15) is 0 Å². The molecular weight excluding hydrogens is 1540 g/mol. The van der Waals surface area contributed by atoms with Crippen molar-refractivity contribution in [2.24, 2.45) is 0 Å². The van der Waals surface area contributed by atoms with Crippen LogP contribution in [0.2, 0.25) is 0 Å². The Hall–Kier alpha value is -14.3. The predicted molar refractivity (Wildman–Crippen MR) is 529 cm³/mol. The van der Waals surface area contributed by atoms with Gasteiger partial charge in [0.15, 0.2) is 40.8 Å². The second-order valence-electron chi connectivity index (χ2n) is 36.0. The minimum Gasteiger partial charge on any atom is -0.228 e. The zero-order valence-corrected chi connectivity index (χ0v) is 73.6. The zero-order valence-electron chi connectivity index (χ0n) is 73.6. The van der Waals surface area contributed by atoms with Crippen molar-refractivity contribution in [1.29, 1.82) is 0 Å². The molecule has 0 fully saturated rings. The van der Waals surface area contributed by atoms with Gasteiger partial charge in [-0.25, -0.2) is 39.9 Å². The third-order valence-corrected chi connectivity index (χ3v) is 26.7. The molecule has 0 atom stereocenters. The van der Waals surface area contributed by atoms with Crippen LogP contribution >= 0.6 is 0 Å². The van der Waals surface area contributed by atoms with Crippen LogP contribution in [0, 0.1) is 0 Å². The molecule has 19 aromatic rings.